The van der Waals surface area contributed by atoms with E-state index >= 15 is 0 Å². The van der Waals surface area contributed by atoms with Gasteiger partial charge < -0.3 is 14.5 Å². The number of fused-ring (bicyclic) bond motifs is 1. The normalized spacial score (nSPS) is 22.7. The van der Waals surface area contributed by atoms with Crippen molar-refractivity contribution < 1.29 is 9.53 Å². The van der Waals surface area contributed by atoms with Crippen molar-refractivity contribution >= 4 is 5.91 Å². The van der Waals surface area contributed by atoms with E-state index in [1.807, 2.05) is 30.1 Å². The summed E-state index contributed by atoms with van der Waals surface area (Å²) in [5.41, 5.74) is 1.15. The molecule has 0 saturated carbocycles. The van der Waals surface area contributed by atoms with Gasteiger partial charge >= 0.3 is 0 Å². The minimum absolute atomic E-state index is 0.0379. The molecule has 1 amide bonds. The van der Waals surface area contributed by atoms with Crippen molar-refractivity contribution in [3.05, 3.63) is 29.8 Å². The van der Waals surface area contributed by atoms with E-state index in [2.05, 4.69) is 17.9 Å². The van der Waals surface area contributed by atoms with E-state index in [0.717, 1.165) is 50.2 Å². The minimum atomic E-state index is -0.0379. The van der Waals surface area contributed by atoms with Crippen LogP contribution in [0.4, 0.5) is 0 Å². The predicted octanol–water partition coefficient (Wildman–Crippen LogP) is 2.18. The summed E-state index contributed by atoms with van der Waals surface area (Å²) < 4.78 is 5.77. The van der Waals surface area contributed by atoms with Crippen LogP contribution in [0.2, 0.25) is 0 Å². The Kier molecular flexibility index (Phi) is 4.67. The van der Waals surface area contributed by atoms with Crippen molar-refractivity contribution in [3.8, 4) is 5.75 Å². The number of benzene rings is 1. The molecule has 1 unspecified atom stereocenters. The third-order valence-corrected chi connectivity index (χ3v) is 5.13. The molecule has 0 aromatic heterocycles. The molecule has 0 aliphatic carbocycles. The molecule has 120 valence electrons. The molecule has 22 heavy (non-hydrogen) atoms. The van der Waals surface area contributed by atoms with Crippen LogP contribution in [0.3, 0.4) is 0 Å². The Hall–Kier alpha value is -1.55. The number of hydrogen-bond acceptors (Lipinski definition) is 3. The van der Waals surface area contributed by atoms with Crippen molar-refractivity contribution in [2.45, 2.75) is 32.2 Å². The largest absolute Gasteiger partial charge is 0.492 e. The van der Waals surface area contributed by atoms with Crippen LogP contribution in [0, 0.1) is 5.92 Å². The third-order valence-electron chi connectivity index (χ3n) is 5.13. The molecule has 4 heteroatoms. The van der Waals surface area contributed by atoms with Gasteiger partial charge in [-0.05, 0) is 37.4 Å². The molecule has 1 aromatic rings. The Balaban J connectivity index is 1.60. The van der Waals surface area contributed by atoms with Crippen LogP contribution in [-0.4, -0.2) is 55.0 Å². The molecule has 2 heterocycles. The summed E-state index contributed by atoms with van der Waals surface area (Å²) in [6, 6.07) is 8.43. The van der Waals surface area contributed by atoms with E-state index in [1.165, 1.54) is 0 Å². The topological polar surface area (TPSA) is 32.8 Å². The summed E-state index contributed by atoms with van der Waals surface area (Å²) in [4.78, 5) is 17.2. The molecular weight excluding hydrogens is 276 g/mol. The minimum Gasteiger partial charge on any atom is -0.492 e. The average Bonchev–Trinajstić information content (AvgIpc) is 2.60. The summed E-state index contributed by atoms with van der Waals surface area (Å²) in [7, 11) is 1.97. The van der Waals surface area contributed by atoms with E-state index < -0.39 is 0 Å². The average molecular weight is 302 g/mol. The molecule has 1 aromatic carbocycles. The zero-order valence-corrected chi connectivity index (χ0v) is 13.6. The van der Waals surface area contributed by atoms with Gasteiger partial charge in [0, 0.05) is 26.2 Å². The fourth-order valence-corrected chi connectivity index (χ4v) is 3.58. The maximum absolute atomic E-state index is 12.8. The number of ether oxygens (including phenoxy) is 1. The summed E-state index contributed by atoms with van der Waals surface area (Å²) in [5.74, 6) is 1.14. The summed E-state index contributed by atoms with van der Waals surface area (Å²) in [6.45, 7) is 6.02. The van der Waals surface area contributed by atoms with Crippen molar-refractivity contribution in [2.24, 2.45) is 5.92 Å². The van der Waals surface area contributed by atoms with Gasteiger partial charge in [0.1, 0.15) is 12.4 Å². The predicted molar refractivity (Wildman–Crippen MR) is 87.0 cm³/mol. The van der Waals surface area contributed by atoms with Crippen molar-refractivity contribution in [3.63, 3.8) is 0 Å². The van der Waals surface area contributed by atoms with Gasteiger partial charge in [0.05, 0.1) is 5.92 Å². The molecule has 1 fully saturated rings. The van der Waals surface area contributed by atoms with E-state index in [9.17, 15) is 4.79 Å². The van der Waals surface area contributed by atoms with Gasteiger partial charge in [-0.15, -0.1) is 0 Å². The smallest absolute Gasteiger partial charge is 0.229 e. The van der Waals surface area contributed by atoms with Gasteiger partial charge in [-0.3, -0.25) is 4.79 Å². The Morgan fingerprint density at radius 1 is 1.32 bits per heavy atom. The number of carbonyl (C=O) groups excluding carboxylic acids is 1. The number of hydrogen-bond donors (Lipinski definition) is 0. The molecule has 0 bridgehead atoms. The second-order valence-corrected chi connectivity index (χ2v) is 6.43. The lowest BCUT2D eigenvalue weighted by Gasteiger charge is -2.38. The quantitative estimate of drug-likeness (QED) is 0.858. The molecule has 3 rings (SSSR count). The first-order valence-electron chi connectivity index (χ1n) is 8.38. The van der Waals surface area contributed by atoms with Gasteiger partial charge in [0.25, 0.3) is 0 Å². The van der Waals surface area contributed by atoms with Crippen LogP contribution < -0.4 is 4.74 Å². The first-order valence-corrected chi connectivity index (χ1v) is 8.38. The van der Waals surface area contributed by atoms with Gasteiger partial charge in [-0.25, -0.2) is 0 Å². The maximum atomic E-state index is 12.8. The summed E-state index contributed by atoms with van der Waals surface area (Å²) in [6.07, 6.45) is 2.97. The Morgan fingerprint density at radius 2 is 2.05 bits per heavy atom. The highest BCUT2D eigenvalue weighted by molar-refractivity contribution is 5.79. The molecule has 0 spiro atoms. The number of nitrogens with zero attached hydrogens (tertiary/aromatic N) is 2. The number of likely N-dealkylation sites (tertiary alicyclic amines) is 1. The van der Waals surface area contributed by atoms with Crippen molar-refractivity contribution in [1.29, 1.82) is 0 Å². The second kappa shape index (κ2) is 6.69. The van der Waals surface area contributed by atoms with Crippen LogP contribution in [0.25, 0.3) is 0 Å². The standard InChI is InChI=1S/C18H26N2O2/c1-3-20-10-8-16(9-11-20)19(2)18(21)15-12-14-6-4-5-7-17(14)22-13-15/h4-7,15-16H,3,8-13H2,1-2H3. The van der Waals surface area contributed by atoms with Gasteiger partial charge in [-0.2, -0.15) is 0 Å². The van der Waals surface area contributed by atoms with E-state index in [0.29, 0.717) is 12.6 Å². The molecule has 0 N–H and O–H groups in total. The Morgan fingerprint density at radius 3 is 2.77 bits per heavy atom. The second-order valence-electron chi connectivity index (χ2n) is 6.43. The van der Waals surface area contributed by atoms with E-state index in [-0.39, 0.29) is 11.8 Å². The molecule has 1 atom stereocenters. The summed E-state index contributed by atoms with van der Waals surface area (Å²) in [5, 5.41) is 0. The third kappa shape index (κ3) is 3.12. The van der Waals surface area contributed by atoms with Gasteiger partial charge in [-0.1, -0.05) is 25.1 Å². The lowest BCUT2D eigenvalue weighted by Crippen LogP contribution is -2.48. The van der Waals surface area contributed by atoms with Gasteiger partial charge in [0.15, 0.2) is 0 Å². The van der Waals surface area contributed by atoms with Crippen LogP contribution in [0.15, 0.2) is 24.3 Å². The molecule has 2 aliphatic rings. The molecule has 2 aliphatic heterocycles. The molecule has 0 radical (unpaired) electrons. The van der Waals surface area contributed by atoms with Crippen LogP contribution in [0.1, 0.15) is 25.3 Å². The number of para-hydroxylation sites is 1. The number of carbonyl (C=O) groups is 1. The lowest BCUT2D eigenvalue weighted by atomic mass is 9.94. The van der Waals surface area contributed by atoms with Crippen LogP contribution in [-0.2, 0) is 11.2 Å². The van der Waals surface area contributed by atoms with E-state index in [4.69, 9.17) is 4.74 Å². The summed E-state index contributed by atoms with van der Waals surface area (Å²) >= 11 is 0. The number of rotatable bonds is 3. The van der Waals surface area contributed by atoms with Crippen LogP contribution in [0.5, 0.6) is 5.75 Å². The molecular formula is C18H26N2O2. The highest BCUT2D eigenvalue weighted by Crippen LogP contribution is 2.28. The fourth-order valence-electron chi connectivity index (χ4n) is 3.58. The Labute approximate surface area is 133 Å². The lowest BCUT2D eigenvalue weighted by molar-refractivity contribution is -0.138. The fraction of sp³-hybridized carbons (Fsp3) is 0.611. The molecule has 1 saturated heterocycles. The van der Waals surface area contributed by atoms with Crippen LogP contribution >= 0.6 is 0 Å². The molecule has 4 nitrogen and oxygen atoms in total. The SMILES string of the molecule is CCN1CCC(N(C)C(=O)C2COc3ccccc3C2)CC1. The maximum Gasteiger partial charge on any atom is 0.229 e. The highest BCUT2D eigenvalue weighted by Gasteiger charge is 2.32. The van der Waals surface area contributed by atoms with Crippen molar-refractivity contribution in [1.82, 2.24) is 9.80 Å². The first-order chi connectivity index (χ1) is 10.7. The highest BCUT2D eigenvalue weighted by atomic mass is 16.5. The van der Waals surface area contributed by atoms with Gasteiger partial charge in [0.2, 0.25) is 5.91 Å². The zero-order valence-electron chi connectivity index (χ0n) is 13.6. The number of piperidine rings is 1. The van der Waals surface area contributed by atoms with Crippen molar-refractivity contribution in [2.75, 3.05) is 33.3 Å². The number of amides is 1. The first kappa shape index (κ1) is 15.3. The Bertz CT molecular complexity index is 524. The monoisotopic (exact) mass is 302 g/mol. The zero-order chi connectivity index (χ0) is 15.5. The van der Waals surface area contributed by atoms with E-state index in [1.54, 1.807) is 0 Å².